The highest BCUT2D eigenvalue weighted by Gasteiger charge is 2.03. The van der Waals surface area contributed by atoms with Gasteiger partial charge < -0.3 is 5.73 Å². The summed E-state index contributed by atoms with van der Waals surface area (Å²) in [5.74, 6) is -0.188. The fraction of sp³-hybridized carbons (Fsp3) is 0.500. The predicted octanol–water partition coefficient (Wildman–Crippen LogP) is 3.18. The summed E-state index contributed by atoms with van der Waals surface area (Å²) >= 11 is 0. The van der Waals surface area contributed by atoms with Crippen molar-refractivity contribution in [3.05, 3.63) is 34.6 Å². The number of hydrogen-bond acceptors (Lipinski definition) is 1. The molecule has 0 aliphatic rings. The molecule has 14 heavy (non-hydrogen) atoms. The standard InChI is InChI=1S/C10H14FN.C2H6/c1-3-8-5-9(6-12)10(11)4-7(8)2;1-2/h4-5H,3,6,12H2,1-2H3;1-2H3. The van der Waals surface area contributed by atoms with Crippen molar-refractivity contribution < 1.29 is 4.39 Å². The van der Waals surface area contributed by atoms with Gasteiger partial charge in [-0.15, -0.1) is 0 Å². The Morgan fingerprint density at radius 3 is 2.21 bits per heavy atom. The zero-order valence-electron chi connectivity index (χ0n) is 9.52. The van der Waals surface area contributed by atoms with Gasteiger partial charge in [0.15, 0.2) is 0 Å². The van der Waals surface area contributed by atoms with Crippen LogP contribution >= 0.6 is 0 Å². The highest BCUT2D eigenvalue weighted by atomic mass is 19.1. The first-order valence-corrected chi connectivity index (χ1v) is 5.17. The zero-order valence-corrected chi connectivity index (χ0v) is 9.52. The third-order valence-electron chi connectivity index (χ3n) is 2.11. The summed E-state index contributed by atoms with van der Waals surface area (Å²) in [6.45, 7) is 8.25. The molecular formula is C12H20FN. The summed E-state index contributed by atoms with van der Waals surface area (Å²) < 4.78 is 13.1. The van der Waals surface area contributed by atoms with Crippen LogP contribution in [0, 0.1) is 12.7 Å². The maximum absolute atomic E-state index is 13.1. The molecular weight excluding hydrogens is 177 g/mol. The highest BCUT2D eigenvalue weighted by Crippen LogP contribution is 2.15. The molecule has 0 aliphatic heterocycles. The first-order chi connectivity index (χ1) is 6.69. The van der Waals surface area contributed by atoms with E-state index in [1.165, 1.54) is 5.56 Å². The summed E-state index contributed by atoms with van der Waals surface area (Å²) in [7, 11) is 0. The molecule has 1 rings (SSSR count). The molecule has 1 aromatic rings. The van der Waals surface area contributed by atoms with Crippen molar-refractivity contribution in [3.63, 3.8) is 0 Å². The summed E-state index contributed by atoms with van der Waals surface area (Å²) in [5, 5.41) is 0. The minimum atomic E-state index is -0.188. The van der Waals surface area contributed by atoms with Crippen LogP contribution < -0.4 is 5.73 Å². The lowest BCUT2D eigenvalue weighted by molar-refractivity contribution is 0.608. The van der Waals surface area contributed by atoms with E-state index in [0.717, 1.165) is 12.0 Å². The molecule has 0 unspecified atom stereocenters. The third-order valence-corrected chi connectivity index (χ3v) is 2.11. The van der Waals surface area contributed by atoms with E-state index in [1.807, 2.05) is 26.8 Å². The van der Waals surface area contributed by atoms with Gasteiger partial charge in [-0.1, -0.05) is 26.8 Å². The average Bonchev–Trinajstić information content (AvgIpc) is 2.21. The summed E-state index contributed by atoms with van der Waals surface area (Å²) in [6, 6.07) is 3.41. The van der Waals surface area contributed by atoms with Crippen LogP contribution in [0.2, 0.25) is 0 Å². The minimum Gasteiger partial charge on any atom is -0.326 e. The molecule has 0 bridgehead atoms. The number of aryl methyl sites for hydroxylation is 2. The van der Waals surface area contributed by atoms with Gasteiger partial charge >= 0.3 is 0 Å². The normalized spacial score (nSPS) is 9.29. The number of halogens is 1. The molecule has 1 aromatic carbocycles. The Kier molecular flexibility index (Phi) is 6.13. The quantitative estimate of drug-likeness (QED) is 0.774. The van der Waals surface area contributed by atoms with Gasteiger partial charge in [-0.3, -0.25) is 0 Å². The summed E-state index contributed by atoms with van der Waals surface area (Å²) in [6.07, 6.45) is 0.930. The molecule has 0 saturated heterocycles. The zero-order chi connectivity index (χ0) is 11.1. The Morgan fingerprint density at radius 1 is 1.21 bits per heavy atom. The lowest BCUT2D eigenvalue weighted by Crippen LogP contribution is -2.02. The second kappa shape index (κ2) is 6.55. The van der Waals surface area contributed by atoms with Crippen LogP contribution in [0.4, 0.5) is 4.39 Å². The van der Waals surface area contributed by atoms with Crippen LogP contribution in [0.25, 0.3) is 0 Å². The van der Waals surface area contributed by atoms with Crippen LogP contribution in [-0.4, -0.2) is 0 Å². The lowest BCUT2D eigenvalue weighted by Gasteiger charge is -2.06. The topological polar surface area (TPSA) is 26.0 Å². The molecule has 0 radical (unpaired) electrons. The Hall–Kier alpha value is -0.890. The van der Waals surface area contributed by atoms with Crippen LogP contribution in [0.5, 0.6) is 0 Å². The summed E-state index contributed by atoms with van der Waals surface area (Å²) in [4.78, 5) is 0. The van der Waals surface area contributed by atoms with Gasteiger partial charge in [0.25, 0.3) is 0 Å². The van der Waals surface area contributed by atoms with Crippen molar-refractivity contribution in [3.8, 4) is 0 Å². The Balaban J connectivity index is 0.000000791. The maximum atomic E-state index is 13.1. The second-order valence-corrected chi connectivity index (χ2v) is 2.93. The van der Waals surface area contributed by atoms with E-state index in [2.05, 4.69) is 6.92 Å². The first kappa shape index (κ1) is 13.1. The van der Waals surface area contributed by atoms with Crippen molar-refractivity contribution in [2.75, 3.05) is 0 Å². The van der Waals surface area contributed by atoms with Crippen LogP contribution in [0.3, 0.4) is 0 Å². The second-order valence-electron chi connectivity index (χ2n) is 2.93. The molecule has 0 fully saturated rings. The number of rotatable bonds is 2. The van der Waals surface area contributed by atoms with Gasteiger partial charge in [0, 0.05) is 12.1 Å². The van der Waals surface area contributed by atoms with Crippen LogP contribution in [0.1, 0.15) is 37.5 Å². The molecule has 2 N–H and O–H groups in total. The van der Waals surface area contributed by atoms with Crippen molar-refractivity contribution >= 4 is 0 Å². The highest BCUT2D eigenvalue weighted by molar-refractivity contribution is 5.32. The first-order valence-electron chi connectivity index (χ1n) is 5.17. The molecule has 1 nitrogen and oxygen atoms in total. The van der Waals surface area contributed by atoms with E-state index < -0.39 is 0 Å². The molecule has 0 atom stereocenters. The molecule has 0 aromatic heterocycles. The van der Waals surface area contributed by atoms with Gasteiger partial charge in [0.1, 0.15) is 5.82 Å². The van der Waals surface area contributed by atoms with Crippen molar-refractivity contribution in [1.82, 2.24) is 0 Å². The number of benzene rings is 1. The smallest absolute Gasteiger partial charge is 0.127 e. The van der Waals surface area contributed by atoms with Gasteiger partial charge in [-0.25, -0.2) is 4.39 Å². The fourth-order valence-electron chi connectivity index (χ4n) is 1.31. The fourth-order valence-corrected chi connectivity index (χ4v) is 1.31. The predicted molar refractivity (Wildman–Crippen MR) is 59.8 cm³/mol. The van der Waals surface area contributed by atoms with E-state index in [-0.39, 0.29) is 12.4 Å². The van der Waals surface area contributed by atoms with Crippen molar-refractivity contribution in [1.29, 1.82) is 0 Å². The average molecular weight is 197 g/mol. The number of nitrogens with two attached hydrogens (primary N) is 1. The minimum absolute atomic E-state index is 0.188. The van der Waals surface area contributed by atoms with E-state index in [1.54, 1.807) is 6.07 Å². The third kappa shape index (κ3) is 3.11. The van der Waals surface area contributed by atoms with Gasteiger partial charge in [-0.05, 0) is 30.5 Å². The van der Waals surface area contributed by atoms with Crippen LogP contribution in [0.15, 0.2) is 12.1 Å². The van der Waals surface area contributed by atoms with E-state index in [0.29, 0.717) is 5.56 Å². The monoisotopic (exact) mass is 197 g/mol. The largest absolute Gasteiger partial charge is 0.326 e. The Morgan fingerprint density at radius 2 is 1.79 bits per heavy atom. The van der Waals surface area contributed by atoms with E-state index in [4.69, 9.17) is 5.73 Å². The molecule has 0 heterocycles. The molecule has 0 amide bonds. The Labute approximate surface area is 86.1 Å². The molecule has 0 aliphatic carbocycles. The SMILES string of the molecule is CC.CCc1cc(CN)c(F)cc1C. The van der Waals surface area contributed by atoms with Crippen molar-refractivity contribution in [2.45, 2.75) is 40.7 Å². The van der Waals surface area contributed by atoms with Gasteiger partial charge in [0.2, 0.25) is 0 Å². The van der Waals surface area contributed by atoms with Crippen LogP contribution in [-0.2, 0) is 13.0 Å². The summed E-state index contributed by atoms with van der Waals surface area (Å²) in [5.41, 5.74) is 8.18. The molecule has 80 valence electrons. The van der Waals surface area contributed by atoms with E-state index >= 15 is 0 Å². The maximum Gasteiger partial charge on any atom is 0.127 e. The molecule has 0 spiro atoms. The van der Waals surface area contributed by atoms with Gasteiger partial charge in [-0.2, -0.15) is 0 Å². The van der Waals surface area contributed by atoms with Gasteiger partial charge in [0.05, 0.1) is 0 Å². The number of hydrogen-bond donors (Lipinski definition) is 1. The lowest BCUT2D eigenvalue weighted by atomic mass is 10.0. The van der Waals surface area contributed by atoms with Crippen molar-refractivity contribution in [2.24, 2.45) is 5.73 Å². The van der Waals surface area contributed by atoms with E-state index in [9.17, 15) is 4.39 Å². The Bertz CT molecular complexity index is 257. The molecule has 2 heteroatoms. The molecule has 0 saturated carbocycles.